The van der Waals surface area contributed by atoms with Crippen LogP contribution < -0.4 is 10.6 Å². The van der Waals surface area contributed by atoms with E-state index in [1.807, 2.05) is 5.32 Å². The second-order valence-corrected chi connectivity index (χ2v) is 10.0. The van der Waals surface area contributed by atoms with Gasteiger partial charge >= 0.3 is 6.18 Å². The Morgan fingerprint density at radius 3 is 2.24 bits per heavy atom. The molecule has 13 heteroatoms. The van der Waals surface area contributed by atoms with E-state index in [1.165, 1.54) is 24.3 Å². The Balaban J connectivity index is 1.72. The molecule has 3 N–H and O–H groups in total. The molecule has 2 amide bonds. The molecule has 3 unspecified atom stereocenters. The number of benzene rings is 2. The van der Waals surface area contributed by atoms with Crippen molar-refractivity contribution >= 4 is 75.5 Å². The van der Waals surface area contributed by atoms with Gasteiger partial charge in [0.2, 0.25) is 5.91 Å². The zero-order chi connectivity index (χ0) is 24.7. The summed E-state index contributed by atoms with van der Waals surface area (Å²) in [5, 5.41) is 14.1. The van der Waals surface area contributed by atoms with Crippen LogP contribution in [0.1, 0.15) is 21.8 Å². The molecule has 0 aromatic heterocycles. The summed E-state index contributed by atoms with van der Waals surface area (Å²) in [4.78, 5) is 25.0. The number of alkyl halides is 5. The standard InChI is InChI=1S/C20H14Cl5F3N2O3/c21-9-3-8(4-10(22)5-9)15-16(19(15,24)25)18(33)30-11-1-2-13(23)12(6-11)17(32)29-7-14(31)20(26,27)28/h1-6,14-16,31H,7H2,(H,29,32)(H,30,33). The summed E-state index contributed by atoms with van der Waals surface area (Å²) in [6, 6.07) is 8.53. The Bertz CT molecular complexity index is 1080. The maximum atomic E-state index is 12.8. The van der Waals surface area contributed by atoms with E-state index in [-0.39, 0.29) is 16.3 Å². The fraction of sp³-hybridized carbons (Fsp3) is 0.300. The summed E-state index contributed by atoms with van der Waals surface area (Å²) in [6.45, 7) is -1.07. The second-order valence-electron chi connectivity index (χ2n) is 7.28. The minimum atomic E-state index is -4.89. The third-order valence-electron chi connectivity index (χ3n) is 4.89. The van der Waals surface area contributed by atoms with Gasteiger partial charge in [-0.05, 0) is 42.0 Å². The van der Waals surface area contributed by atoms with Crippen LogP contribution in [0.25, 0.3) is 0 Å². The second kappa shape index (κ2) is 9.68. The molecule has 2 aromatic carbocycles. The molecular weight excluding hydrogens is 550 g/mol. The Hall–Kier alpha value is -1.42. The highest BCUT2D eigenvalue weighted by molar-refractivity contribution is 6.53. The summed E-state index contributed by atoms with van der Waals surface area (Å²) >= 11 is 30.6. The molecule has 0 spiro atoms. The Morgan fingerprint density at radius 1 is 1.06 bits per heavy atom. The maximum Gasteiger partial charge on any atom is 0.416 e. The number of amides is 2. The lowest BCUT2D eigenvalue weighted by molar-refractivity contribution is -0.201. The van der Waals surface area contributed by atoms with Crippen molar-refractivity contribution in [2.75, 3.05) is 11.9 Å². The van der Waals surface area contributed by atoms with E-state index < -0.39 is 46.8 Å². The number of aliphatic hydroxyl groups is 1. The van der Waals surface area contributed by atoms with E-state index in [0.29, 0.717) is 15.6 Å². The van der Waals surface area contributed by atoms with E-state index in [9.17, 15) is 22.8 Å². The van der Waals surface area contributed by atoms with Gasteiger partial charge in [0.25, 0.3) is 5.91 Å². The van der Waals surface area contributed by atoms with Crippen LogP contribution in [0.15, 0.2) is 36.4 Å². The largest absolute Gasteiger partial charge is 0.416 e. The van der Waals surface area contributed by atoms with E-state index in [4.69, 9.17) is 63.1 Å². The lowest BCUT2D eigenvalue weighted by Gasteiger charge is -2.15. The smallest absolute Gasteiger partial charge is 0.382 e. The van der Waals surface area contributed by atoms with Gasteiger partial charge in [0, 0.05) is 21.7 Å². The first kappa shape index (κ1) is 26.2. The molecule has 0 saturated heterocycles. The van der Waals surface area contributed by atoms with Gasteiger partial charge in [-0.15, -0.1) is 23.2 Å². The van der Waals surface area contributed by atoms with Crippen molar-refractivity contribution in [2.24, 2.45) is 5.92 Å². The molecule has 33 heavy (non-hydrogen) atoms. The lowest BCUT2D eigenvalue weighted by atomic mass is 10.1. The minimum absolute atomic E-state index is 0.0751. The highest BCUT2D eigenvalue weighted by Gasteiger charge is 2.67. The van der Waals surface area contributed by atoms with Crippen LogP contribution in [0.3, 0.4) is 0 Å². The molecule has 1 aliphatic rings. The van der Waals surface area contributed by atoms with E-state index >= 15 is 0 Å². The third-order valence-corrected chi connectivity index (χ3v) is 6.60. The van der Waals surface area contributed by atoms with Gasteiger partial charge in [-0.25, -0.2) is 0 Å². The van der Waals surface area contributed by atoms with Crippen molar-refractivity contribution in [3.05, 3.63) is 62.6 Å². The molecule has 3 rings (SSSR count). The Labute approximate surface area is 211 Å². The lowest BCUT2D eigenvalue weighted by Crippen LogP contribution is -2.40. The molecule has 5 nitrogen and oxygen atoms in total. The molecule has 178 valence electrons. The van der Waals surface area contributed by atoms with Crippen LogP contribution in [-0.4, -0.2) is 40.1 Å². The first-order valence-corrected chi connectivity index (χ1v) is 11.1. The Kier molecular flexibility index (Phi) is 7.68. The zero-order valence-electron chi connectivity index (χ0n) is 16.2. The topological polar surface area (TPSA) is 78.4 Å². The molecule has 0 bridgehead atoms. The van der Waals surface area contributed by atoms with Crippen LogP contribution >= 0.6 is 58.0 Å². The summed E-state index contributed by atoms with van der Waals surface area (Å²) in [7, 11) is 0. The summed E-state index contributed by atoms with van der Waals surface area (Å²) in [5.41, 5.74) is 0.489. The van der Waals surface area contributed by atoms with Gasteiger partial charge in [-0.3, -0.25) is 9.59 Å². The number of carbonyl (C=O) groups excluding carboxylic acids is 2. The van der Waals surface area contributed by atoms with Crippen molar-refractivity contribution in [1.29, 1.82) is 0 Å². The zero-order valence-corrected chi connectivity index (χ0v) is 20.0. The fourth-order valence-electron chi connectivity index (χ4n) is 3.22. The predicted molar refractivity (Wildman–Crippen MR) is 122 cm³/mol. The van der Waals surface area contributed by atoms with Crippen molar-refractivity contribution < 1.29 is 27.9 Å². The minimum Gasteiger partial charge on any atom is -0.382 e. The number of rotatable bonds is 6. The molecule has 1 saturated carbocycles. The average Bonchev–Trinajstić information content (AvgIpc) is 3.28. The quantitative estimate of drug-likeness (QED) is 0.387. The number of halogens is 8. The van der Waals surface area contributed by atoms with Crippen molar-refractivity contribution in [2.45, 2.75) is 22.5 Å². The van der Waals surface area contributed by atoms with Crippen molar-refractivity contribution in [3.8, 4) is 0 Å². The van der Waals surface area contributed by atoms with Crippen LogP contribution in [0, 0.1) is 5.92 Å². The fourth-order valence-corrected chi connectivity index (χ4v) is 4.79. The number of hydrogen-bond acceptors (Lipinski definition) is 3. The molecule has 1 fully saturated rings. The van der Waals surface area contributed by atoms with Gasteiger partial charge in [0.05, 0.1) is 23.0 Å². The average molecular weight is 565 g/mol. The SMILES string of the molecule is O=C(NCC(O)C(F)(F)F)c1cc(NC(=O)C2C(c3cc(Cl)cc(Cl)c3)C2(Cl)Cl)ccc1Cl. The number of aliphatic hydroxyl groups excluding tert-OH is 1. The molecular formula is C20H14Cl5F3N2O3. The maximum absolute atomic E-state index is 12.8. The summed E-state index contributed by atoms with van der Waals surface area (Å²) in [5.74, 6) is -3.01. The summed E-state index contributed by atoms with van der Waals surface area (Å²) in [6.07, 6.45) is -7.63. The van der Waals surface area contributed by atoms with Gasteiger partial charge in [0.1, 0.15) is 4.33 Å². The highest BCUT2D eigenvalue weighted by Crippen LogP contribution is 2.65. The Morgan fingerprint density at radius 2 is 1.67 bits per heavy atom. The van der Waals surface area contributed by atoms with Gasteiger partial charge < -0.3 is 15.7 Å². The first-order valence-electron chi connectivity index (χ1n) is 9.19. The van der Waals surface area contributed by atoms with Gasteiger partial charge in [-0.1, -0.05) is 34.8 Å². The van der Waals surface area contributed by atoms with Gasteiger partial charge in [0.15, 0.2) is 6.10 Å². The molecule has 0 heterocycles. The number of hydrogen-bond donors (Lipinski definition) is 3. The number of carbonyl (C=O) groups is 2. The normalized spacial score (nSPS) is 20.2. The predicted octanol–water partition coefficient (Wildman–Crippen LogP) is 5.83. The highest BCUT2D eigenvalue weighted by atomic mass is 35.5. The number of nitrogens with one attached hydrogen (secondary N) is 2. The third kappa shape index (κ3) is 5.99. The van der Waals surface area contributed by atoms with Gasteiger partial charge in [-0.2, -0.15) is 13.2 Å². The number of anilines is 1. The van der Waals surface area contributed by atoms with Crippen molar-refractivity contribution in [1.82, 2.24) is 5.32 Å². The summed E-state index contributed by atoms with van der Waals surface area (Å²) < 4.78 is 35.8. The molecule has 0 radical (unpaired) electrons. The first-order chi connectivity index (χ1) is 15.2. The van der Waals surface area contributed by atoms with E-state index in [1.54, 1.807) is 12.1 Å². The van der Waals surface area contributed by atoms with Crippen LogP contribution in [0.2, 0.25) is 15.1 Å². The molecule has 2 aromatic rings. The van der Waals surface area contributed by atoms with Crippen LogP contribution in [0.4, 0.5) is 18.9 Å². The monoisotopic (exact) mass is 562 g/mol. The molecule has 1 aliphatic carbocycles. The van der Waals surface area contributed by atoms with Crippen molar-refractivity contribution in [3.63, 3.8) is 0 Å². The molecule has 0 aliphatic heterocycles. The van der Waals surface area contributed by atoms with Crippen LogP contribution in [-0.2, 0) is 4.79 Å². The van der Waals surface area contributed by atoms with E-state index in [0.717, 1.165) is 0 Å². The molecule has 3 atom stereocenters. The van der Waals surface area contributed by atoms with E-state index in [2.05, 4.69) is 5.32 Å². The van der Waals surface area contributed by atoms with Crippen LogP contribution in [0.5, 0.6) is 0 Å².